The van der Waals surface area contributed by atoms with Gasteiger partial charge < -0.3 is 14.8 Å². The zero-order valence-electron chi connectivity index (χ0n) is 12.7. The third-order valence-electron chi connectivity index (χ3n) is 4.76. The molecule has 2 bridgehead atoms. The zero-order chi connectivity index (χ0) is 14.8. The molecule has 3 rings (SSSR count). The number of benzene rings is 1. The van der Waals surface area contributed by atoms with E-state index in [0.29, 0.717) is 29.1 Å². The van der Waals surface area contributed by atoms with E-state index >= 15 is 0 Å². The van der Waals surface area contributed by atoms with E-state index in [2.05, 4.69) is 5.32 Å². The molecule has 0 radical (unpaired) electrons. The fourth-order valence-corrected chi connectivity index (χ4v) is 3.78. The minimum absolute atomic E-state index is 0.0757. The first kappa shape index (κ1) is 14.4. The lowest BCUT2D eigenvalue weighted by atomic mass is 9.77. The van der Waals surface area contributed by atoms with Crippen LogP contribution in [0.3, 0.4) is 0 Å². The van der Waals surface area contributed by atoms with Crippen molar-refractivity contribution in [3.05, 3.63) is 23.8 Å². The molecule has 1 aromatic carbocycles. The highest BCUT2D eigenvalue weighted by atomic mass is 16.5. The van der Waals surface area contributed by atoms with Gasteiger partial charge in [0.05, 0.1) is 14.2 Å². The number of rotatable bonds is 4. The molecule has 2 aliphatic rings. The summed E-state index contributed by atoms with van der Waals surface area (Å²) in [5.41, 5.74) is 0.604. The van der Waals surface area contributed by atoms with Crippen LogP contribution in [0.1, 0.15) is 42.5 Å². The summed E-state index contributed by atoms with van der Waals surface area (Å²) < 4.78 is 10.8. The number of hydrogen-bond donors (Lipinski definition) is 1. The van der Waals surface area contributed by atoms with Crippen LogP contribution in [0.15, 0.2) is 18.2 Å². The van der Waals surface area contributed by atoms with Crippen LogP contribution in [-0.2, 0) is 0 Å². The first-order valence-electron chi connectivity index (χ1n) is 7.74. The first-order valence-corrected chi connectivity index (χ1v) is 7.74. The summed E-state index contributed by atoms with van der Waals surface area (Å²) in [5, 5.41) is 3.63. The van der Waals surface area contributed by atoms with Crippen LogP contribution in [0.25, 0.3) is 0 Å². The summed E-state index contributed by atoms with van der Waals surface area (Å²) in [6.07, 6.45) is 5.50. The molecule has 1 N–H and O–H groups in total. The Morgan fingerprint density at radius 2 is 1.67 bits per heavy atom. The topological polar surface area (TPSA) is 47.6 Å². The van der Waals surface area contributed by atoms with Crippen molar-refractivity contribution in [1.29, 1.82) is 0 Å². The number of Topliss-reactive ketones (excluding diaryl/α,β-unsaturated/α-hetero) is 1. The summed E-state index contributed by atoms with van der Waals surface area (Å²) in [5.74, 6) is 1.47. The van der Waals surface area contributed by atoms with Crippen molar-refractivity contribution < 1.29 is 14.3 Å². The summed E-state index contributed by atoms with van der Waals surface area (Å²) >= 11 is 0. The maximum atomic E-state index is 13.0. The van der Waals surface area contributed by atoms with E-state index < -0.39 is 0 Å². The van der Waals surface area contributed by atoms with E-state index in [1.54, 1.807) is 14.2 Å². The van der Waals surface area contributed by atoms with Gasteiger partial charge in [-0.05, 0) is 37.8 Å². The van der Waals surface area contributed by atoms with Crippen molar-refractivity contribution in [1.82, 2.24) is 5.32 Å². The van der Waals surface area contributed by atoms with Crippen molar-refractivity contribution in [2.45, 2.75) is 44.2 Å². The van der Waals surface area contributed by atoms with Gasteiger partial charge in [-0.1, -0.05) is 12.5 Å². The van der Waals surface area contributed by atoms with Crippen molar-refractivity contribution in [2.24, 2.45) is 5.92 Å². The molecule has 2 aliphatic heterocycles. The maximum absolute atomic E-state index is 13.0. The highest BCUT2D eigenvalue weighted by molar-refractivity contribution is 6.03. The Hall–Kier alpha value is -1.55. The Bertz CT molecular complexity index is 495. The zero-order valence-corrected chi connectivity index (χ0v) is 12.7. The lowest BCUT2D eigenvalue weighted by Gasteiger charge is -2.40. The third kappa shape index (κ3) is 2.77. The number of nitrogens with one attached hydrogen (secondary N) is 1. The van der Waals surface area contributed by atoms with E-state index in [4.69, 9.17) is 9.47 Å². The van der Waals surface area contributed by atoms with Crippen molar-refractivity contribution >= 4 is 5.78 Å². The molecule has 1 aromatic rings. The molecule has 2 heterocycles. The SMILES string of the molecule is COc1cccc(OC)c1C(=O)C1CC2CCCC(C1)N2. The van der Waals surface area contributed by atoms with Gasteiger partial charge in [0.15, 0.2) is 5.78 Å². The van der Waals surface area contributed by atoms with Crippen LogP contribution in [0.5, 0.6) is 11.5 Å². The molecule has 0 amide bonds. The van der Waals surface area contributed by atoms with E-state index in [1.807, 2.05) is 18.2 Å². The Morgan fingerprint density at radius 3 is 2.19 bits per heavy atom. The lowest BCUT2D eigenvalue weighted by molar-refractivity contribution is 0.0818. The second-order valence-electron chi connectivity index (χ2n) is 6.06. The fourth-order valence-electron chi connectivity index (χ4n) is 3.78. The predicted octanol–water partition coefficient (Wildman–Crippen LogP) is 2.81. The van der Waals surface area contributed by atoms with Crippen molar-refractivity contribution in [3.8, 4) is 11.5 Å². The molecule has 0 spiro atoms. The number of carbonyl (C=O) groups excluding carboxylic acids is 1. The van der Waals surface area contributed by atoms with Crippen LogP contribution in [0, 0.1) is 5.92 Å². The minimum Gasteiger partial charge on any atom is -0.496 e. The van der Waals surface area contributed by atoms with Gasteiger partial charge >= 0.3 is 0 Å². The maximum Gasteiger partial charge on any atom is 0.173 e. The van der Waals surface area contributed by atoms with E-state index in [-0.39, 0.29) is 11.7 Å². The number of hydrogen-bond acceptors (Lipinski definition) is 4. The van der Waals surface area contributed by atoms with Crippen LogP contribution in [-0.4, -0.2) is 32.1 Å². The van der Waals surface area contributed by atoms with E-state index in [9.17, 15) is 4.79 Å². The molecule has 2 unspecified atom stereocenters. The Balaban J connectivity index is 1.88. The third-order valence-corrected chi connectivity index (χ3v) is 4.76. The number of carbonyl (C=O) groups is 1. The van der Waals surface area contributed by atoms with Gasteiger partial charge in [-0.25, -0.2) is 0 Å². The van der Waals surface area contributed by atoms with Crippen LogP contribution in [0.2, 0.25) is 0 Å². The van der Waals surface area contributed by atoms with Gasteiger partial charge in [-0.15, -0.1) is 0 Å². The van der Waals surface area contributed by atoms with Gasteiger partial charge in [-0.3, -0.25) is 4.79 Å². The predicted molar refractivity (Wildman–Crippen MR) is 81.2 cm³/mol. The standard InChI is InChI=1S/C17H23NO3/c1-20-14-7-4-8-15(21-2)16(14)17(19)11-9-12-5-3-6-13(10-11)18-12/h4,7-8,11-13,18H,3,5-6,9-10H2,1-2H3. The normalized spacial score (nSPS) is 28.0. The molecule has 4 heteroatoms. The molecule has 2 fully saturated rings. The fraction of sp³-hybridized carbons (Fsp3) is 0.588. The quantitative estimate of drug-likeness (QED) is 0.866. The van der Waals surface area contributed by atoms with Gasteiger partial charge in [0, 0.05) is 18.0 Å². The van der Waals surface area contributed by atoms with Crippen molar-refractivity contribution in [2.75, 3.05) is 14.2 Å². The lowest BCUT2D eigenvalue weighted by Crippen LogP contribution is -2.50. The molecule has 0 saturated carbocycles. The second-order valence-corrected chi connectivity index (χ2v) is 6.06. The molecule has 2 saturated heterocycles. The summed E-state index contributed by atoms with van der Waals surface area (Å²) in [7, 11) is 3.20. The Kier molecular flexibility index (Phi) is 4.15. The molecule has 21 heavy (non-hydrogen) atoms. The van der Waals surface area contributed by atoms with Gasteiger partial charge in [0.25, 0.3) is 0 Å². The molecule has 2 atom stereocenters. The van der Waals surface area contributed by atoms with Gasteiger partial charge in [0.1, 0.15) is 17.1 Å². The van der Waals surface area contributed by atoms with Crippen LogP contribution < -0.4 is 14.8 Å². The molecule has 114 valence electrons. The van der Waals surface area contributed by atoms with E-state index in [0.717, 1.165) is 12.8 Å². The molecule has 4 nitrogen and oxygen atoms in total. The first-order chi connectivity index (χ1) is 10.2. The summed E-state index contributed by atoms with van der Waals surface area (Å²) in [6, 6.07) is 6.50. The molecule has 0 aromatic heterocycles. The highest BCUT2D eigenvalue weighted by Crippen LogP contribution is 2.36. The van der Waals surface area contributed by atoms with Crippen LogP contribution >= 0.6 is 0 Å². The number of ether oxygens (including phenoxy) is 2. The highest BCUT2D eigenvalue weighted by Gasteiger charge is 2.36. The summed E-state index contributed by atoms with van der Waals surface area (Å²) in [4.78, 5) is 13.0. The van der Waals surface area contributed by atoms with Gasteiger partial charge in [-0.2, -0.15) is 0 Å². The largest absolute Gasteiger partial charge is 0.496 e. The molecular weight excluding hydrogens is 266 g/mol. The Morgan fingerprint density at radius 1 is 1.10 bits per heavy atom. The number of ketones is 1. The number of methoxy groups -OCH3 is 2. The average molecular weight is 289 g/mol. The van der Waals surface area contributed by atoms with E-state index in [1.165, 1.54) is 19.3 Å². The molecular formula is C17H23NO3. The summed E-state index contributed by atoms with van der Waals surface area (Å²) in [6.45, 7) is 0. The minimum atomic E-state index is 0.0757. The van der Waals surface area contributed by atoms with Crippen molar-refractivity contribution in [3.63, 3.8) is 0 Å². The molecule has 0 aliphatic carbocycles. The van der Waals surface area contributed by atoms with Crippen LogP contribution in [0.4, 0.5) is 0 Å². The number of piperidine rings is 2. The Labute approximate surface area is 125 Å². The number of fused-ring (bicyclic) bond motifs is 2. The average Bonchev–Trinajstić information content (AvgIpc) is 2.52. The second kappa shape index (κ2) is 6.06. The smallest absolute Gasteiger partial charge is 0.173 e. The van der Waals surface area contributed by atoms with Gasteiger partial charge in [0.2, 0.25) is 0 Å². The monoisotopic (exact) mass is 289 g/mol.